The van der Waals surface area contributed by atoms with Gasteiger partial charge in [0, 0.05) is 5.69 Å². The second-order valence-electron chi connectivity index (χ2n) is 6.10. The molecule has 0 saturated carbocycles. The van der Waals surface area contributed by atoms with Gasteiger partial charge in [-0.1, -0.05) is 50.2 Å². The summed E-state index contributed by atoms with van der Waals surface area (Å²) in [6.45, 7) is 7.66. The Hall–Kier alpha value is -2.62. The van der Waals surface area contributed by atoms with Crippen LogP contribution in [-0.2, 0) is 9.53 Å². The molecule has 0 heterocycles. The zero-order valence-electron chi connectivity index (χ0n) is 14.5. The minimum absolute atomic E-state index is 0.280. The SMILES string of the molecule is Cc1cccc(C(C)C)c1NC(=O)[C@H](C)OC(=O)c1ccccc1. The summed E-state index contributed by atoms with van der Waals surface area (Å²) in [5, 5.41) is 2.90. The molecule has 4 nitrogen and oxygen atoms in total. The first-order chi connectivity index (χ1) is 11.4. The van der Waals surface area contributed by atoms with Crippen LogP contribution in [0.1, 0.15) is 48.2 Å². The van der Waals surface area contributed by atoms with Crippen LogP contribution in [-0.4, -0.2) is 18.0 Å². The van der Waals surface area contributed by atoms with Crippen molar-refractivity contribution in [2.24, 2.45) is 0 Å². The number of esters is 1. The second kappa shape index (κ2) is 7.77. The summed E-state index contributed by atoms with van der Waals surface area (Å²) in [4.78, 5) is 24.5. The third kappa shape index (κ3) is 4.22. The number of anilines is 1. The first-order valence-electron chi connectivity index (χ1n) is 8.06. The van der Waals surface area contributed by atoms with Crippen LogP contribution < -0.4 is 5.32 Å². The molecular weight excluding hydrogens is 302 g/mol. The number of benzene rings is 2. The van der Waals surface area contributed by atoms with Crippen molar-refractivity contribution < 1.29 is 14.3 Å². The summed E-state index contributed by atoms with van der Waals surface area (Å²) in [5.74, 6) is -0.565. The van der Waals surface area contributed by atoms with Crippen molar-refractivity contribution in [3.8, 4) is 0 Å². The first-order valence-corrected chi connectivity index (χ1v) is 8.06. The van der Waals surface area contributed by atoms with Gasteiger partial charge in [-0.25, -0.2) is 4.79 Å². The molecule has 4 heteroatoms. The Bertz CT molecular complexity index is 723. The van der Waals surface area contributed by atoms with E-state index in [0.717, 1.165) is 16.8 Å². The highest BCUT2D eigenvalue weighted by Gasteiger charge is 2.21. The van der Waals surface area contributed by atoms with Gasteiger partial charge in [0.05, 0.1) is 5.56 Å². The van der Waals surface area contributed by atoms with E-state index in [1.54, 1.807) is 31.2 Å². The molecule has 0 radical (unpaired) electrons. The van der Waals surface area contributed by atoms with Gasteiger partial charge in [0.25, 0.3) is 5.91 Å². The monoisotopic (exact) mass is 325 g/mol. The van der Waals surface area contributed by atoms with E-state index in [1.165, 1.54) is 0 Å². The van der Waals surface area contributed by atoms with Crippen molar-refractivity contribution in [3.63, 3.8) is 0 Å². The molecule has 0 bridgehead atoms. The van der Waals surface area contributed by atoms with Crippen LogP contribution in [0.2, 0.25) is 0 Å². The molecule has 0 unspecified atom stereocenters. The Morgan fingerprint density at radius 2 is 1.62 bits per heavy atom. The maximum Gasteiger partial charge on any atom is 0.338 e. The lowest BCUT2D eigenvalue weighted by molar-refractivity contribution is -0.123. The van der Waals surface area contributed by atoms with Crippen LogP contribution in [0.5, 0.6) is 0 Å². The molecule has 1 N–H and O–H groups in total. The number of aryl methyl sites for hydroxylation is 1. The second-order valence-corrected chi connectivity index (χ2v) is 6.10. The summed E-state index contributed by atoms with van der Waals surface area (Å²) in [5.41, 5.74) is 3.26. The number of amides is 1. The van der Waals surface area contributed by atoms with Gasteiger partial charge in [-0.3, -0.25) is 4.79 Å². The van der Waals surface area contributed by atoms with Gasteiger partial charge < -0.3 is 10.1 Å². The lowest BCUT2D eigenvalue weighted by Crippen LogP contribution is -2.30. The Morgan fingerprint density at radius 1 is 0.958 bits per heavy atom. The Morgan fingerprint density at radius 3 is 2.25 bits per heavy atom. The Balaban J connectivity index is 2.09. The highest BCUT2D eigenvalue weighted by atomic mass is 16.5. The molecule has 0 aromatic heterocycles. The van der Waals surface area contributed by atoms with E-state index in [-0.39, 0.29) is 11.8 Å². The predicted octanol–water partition coefficient (Wildman–Crippen LogP) is 4.30. The normalized spacial score (nSPS) is 11.9. The number of hydrogen-bond donors (Lipinski definition) is 1. The van der Waals surface area contributed by atoms with Crippen LogP contribution in [0.25, 0.3) is 0 Å². The first kappa shape index (κ1) is 17.7. The highest BCUT2D eigenvalue weighted by molar-refractivity contribution is 5.98. The van der Waals surface area contributed by atoms with Crippen molar-refractivity contribution in [3.05, 3.63) is 65.2 Å². The van der Waals surface area contributed by atoms with Gasteiger partial charge >= 0.3 is 5.97 Å². The van der Waals surface area contributed by atoms with Crippen LogP contribution in [0.4, 0.5) is 5.69 Å². The number of nitrogens with one attached hydrogen (secondary N) is 1. The third-order valence-electron chi connectivity index (χ3n) is 3.84. The highest BCUT2D eigenvalue weighted by Crippen LogP contribution is 2.27. The molecule has 1 amide bonds. The van der Waals surface area contributed by atoms with E-state index >= 15 is 0 Å². The van der Waals surface area contributed by atoms with E-state index in [0.29, 0.717) is 5.56 Å². The standard InChI is InChI=1S/C20H23NO3/c1-13(2)17-12-8-9-14(3)18(17)21-19(22)15(4)24-20(23)16-10-6-5-7-11-16/h5-13,15H,1-4H3,(H,21,22)/t15-/m0/s1. The lowest BCUT2D eigenvalue weighted by atomic mass is 9.98. The molecule has 2 aromatic carbocycles. The maximum atomic E-state index is 12.4. The molecule has 1 atom stereocenters. The average molecular weight is 325 g/mol. The van der Waals surface area contributed by atoms with Gasteiger partial charge in [-0.15, -0.1) is 0 Å². The smallest absolute Gasteiger partial charge is 0.338 e. The van der Waals surface area contributed by atoms with Gasteiger partial charge in [-0.05, 0) is 43.0 Å². The van der Waals surface area contributed by atoms with Gasteiger partial charge in [0.1, 0.15) is 0 Å². The van der Waals surface area contributed by atoms with Crippen LogP contribution in [0.3, 0.4) is 0 Å². The molecule has 2 rings (SSSR count). The number of hydrogen-bond acceptors (Lipinski definition) is 3. The molecule has 0 fully saturated rings. The summed E-state index contributed by atoms with van der Waals surface area (Å²) in [6.07, 6.45) is -0.877. The molecule has 2 aromatic rings. The lowest BCUT2D eigenvalue weighted by Gasteiger charge is -2.19. The van der Waals surface area contributed by atoms with Crippen LogP contribution in [0, 0.1) is 6.92 Å². The zero-order valence-corrected chi connectivity index (χ0v) is 14.5. The quantitative estimate of drug-likeness (QED) is 0.834. The molecule has 0 spiro atoms. The van der Waals surface area contributed by atoms with Crippen LogP contribution >= 0.6 is 0 Å². The summed E-state index contributed by atoms with van der Waals surface area (Å²) in [7, 11) is 0. The molecular formula is C20H23NO3. The molecule has 0 saturated heterocycles. The zero-order chi connectivity index (χ0) is 17.7. The summed E-state index contributed by atoms with van der Waals surface area (Å²) < 4.78 is 5.26. The van der Waals surface area contributed by atoms with Crippen LogP contribution in [0.15, 0.2) is 48.5 Å². The Labute approximate surface area is 142 Å². The van der Waals surface area contributed by atoms with Gasteiger partial charge in [0.2, 0.25) is 0 Å². The minimum Gasteiger partial charge on any atom is -0.449 e. The molecule has 24 heavy (non-hydrogen) atoms. The predicted molar refractivity (Wildman–Crippen MR) is 95.2 cm³/mol. The van der Waals surface area contributed by atoms with Gasteiger partial charge in [0.15, 0.2) is 6.10 Å². The molecule has 126 valence electrons. The van der Waals surface area contributed by atoms with E-state index in [2.05, 4.69) is 19.2 Å². The van der Waals surface area contributed by atoms with Crippen molar-refractivity contribution in [1.82, 2.24) is 0 Å². The van der Waals surface area contributed by atoms with Crippen molar-refractivity contribution in [2.75, 3.05) is 5.32 Å². The molecule has 0 aliphatic carbocycles. The number of carbonyl (C=O) groups is 2. The van der Waals surface area contributed by atoms with Crippen molar-refractivity contribution in [1.29, 1.82) is 0 Å². The number of rotatable bonds is 5. The minimum atomic E-state index is -0.877. The molecule has 0 aliphatic rings. The van der Waals surface area contributed by atoms with E-state index in [9.17, 15) is 9.59 Å². The largest absolute Gasteiger partial charge is 0.449 e. The third-order valence-corrected chi connectivity index (χ3v) is 3.84. The fourth-order valence-corrected chi connectivity index (χ4v) is 2.42. The van der Waals surface area contributed by atoms with Gasteiger partial charge in [-0.2, -0.15) is 0 Å². The topological polar surface area (TPSA) is 55.4 Å². The Kier molecular flexibility index (Phi) is 5.74. The number of ether oxygens (including phenoxy) is 1. The van der Waals surface area contributed by atoms with E-state index in [4.69, 9.17) is 4.74 Å². The van der Waals surface area contributed by atoms with Crippen molar-refractivity contribution >= 4 is 17.6 Å². The van der Waals surface area contributed by atoms with Crippen molar-refractivity contribution in [2.45, 2.75) is 39.7 Å². The average Bonchev–Trinajstić information content (AvgIpc) is 2.57. The molecule has 0 aliphatic heterocycles. The van der Waals surface area contributed by atoms with E-state index in [1.807, 2.05) is 31.2 Å². The number of para-hydroxylation sites is 1. The number of carbonyl (C=O) groups excluding carboxylic acids is 2. The fraction of sp³-hybridized carbons (Fsp3) is 0.300. The van der Waals surface area contributed by atoms with E-state index < -0.39 is 12.1 Å². The summed E-state index contributed by atoms with van der Waals surface area (Å²) >= 11 is 0. The fourth-order valence-electron chi connectivity index (χ4n) is 2.42. The maximum absolute atomic E-state index is 12.4. The summed E-state index contributed by atoms with van der Waals surface area (Å²) in [6, 6.07) is 14.6.